The fourth-order valence-corrected chi connectivity index (χ4v) is 2.00. The van der Waals surface area contributed by atoms with Crippen LogP contribution in [0.25, 0.3) is 0 Å². The largest absolute Gasteiger partial charge is 0.496 e. The van der Waals surface area contributed by atoms with Crippen LogP contribution < -0.4 is 10.1 Å². The van der Waals surface area contributed by atoms with Crippen molar-refractivity contribution < 1.29 is 9.66 Å². The number of anilines is 1. The molecule has 5 nitrogen and oxygen atoms in total. The molecule has 0 aliphatic heterocycles. The van der Waals surface area contributed by atoms with E-state index in [4.69, 9.17) is 16.3 Å². The third-order valence-electron chi connectivity index (χ3n) is 2.77. The Kier molecular flexibility index (Phi) is 4.42. The maximum Gasteiger partial charge on any atom is 0.296 e. The van der Waals surface area contributed by atoms with Gasteiger partial charge >= 0.3 is 0 Å². The molecule has 2 rings (SSSR count). The molecule has 0 spiro atoms. The highest BCUT2D eigenvalue weighted by Crippen LogP contribution is 2.29. The van der Waals surface area contributed by atoms with Gasteiger partial charge in [0.05, 0.1) is 18.1 Å². The van der Waals surface area contributed by atoms with E-state index in [2.05, 4.69) is 5.32 Å². The fourth-order valence-electron chi connectivity index (χ4n) is 1.78. The lowest BCUT2D eigenvalue weighted by Gasteiger charge is -2.08. The van der Waals surface area contributed by atoms with Gasteiger partial charge in [0, 0.05) is 11.6 Å². The van der Waals surface area contributed by atoms with Crippen LogP contribution in [0.3, 0.4) is 0 Å². The predicted molar refractivity (Wildman–Crippen MR) is 78.4 cm³/mol. The minimum Gasteiger partial charge on any atom is -0.496 e. The summed E-state index contributed by atoms with van der Waals surface area (Å²) in [5.74, 6) is 0.449. The second-order valence-corrected chi connectivity index (χ2v) is 4.56. The normalized spacial score (nSPS) is 10.1. The van der Waals surface area contributed by atoms with E-state index in [9.17, 15) is 10.1 Å². The molecule has 6 heteroatoms. The van der Waals surface area contributed by atoms with E-state index in [1.54, 1.807) is 18.2 Å². The molecular weight excluding hydrogens is 280 g/mol. The van der Waals surface area contributed by atoms with Gasteiger partial charge in [0.15, 0.2) is 0 Å². The Balaban J connectivity index is 2.18. The first kappa shape index (κ1) is 14.1. The number of nitro benzene ring substituents is 1. The van der Waals surface area contributed by atoms with E-state index in [-0.39, 0.29) is 5.69 Å². The van der Waals surface area contributed by atoms with Crippen LogP contribution in [-0.2, 0) is 6.54 Å². The zero-order chi connectivity index (χ0) is 14.5. The Morgan fingerprint density at radius 3 is 2.75 bits per heavy atom. The van der Waals surface area contributed by atoms with E-state index >= 15 is 0 Å². The Labute approximate surface area is 121 Å². The van der Waals surface area contributed by atoms with Gasteiger partial charge in [0.1, 0.15) is 11.4 Å². The van der Waals surface area contributed by atoms with Crippen molar-refractivity contribution in [3.8, 4) is 5.75 Å². The summed E-state index contributed by atoms with van der Waals surface area (Å²) in [4.78, 5) is 10.6. The predicted octanol–water partition coefficient (Wildman–Crippen LogP) is 3.87. The van der Waals surface area contributed by atoms with Crippen LogP contribution in [0.15, 0.2) is 42.5 Å². The molecule has 0 atom stereocenters. The molecule has 2 aromatic rings. The van der Waals surface area contributed by atoms with Crippen molar-refractivity contribution >= 4 is 23.0 Å². The lowest BCUT2D eigenvalue weighted by atomic mass is 10.2. The summed E-state index contributed by atoms with van der Waals surface area (Å²) >= 11 is 5.90. The topological polar surface area (TPSA) is 64.4 Å². The summed E-state index contributed by atoms with van der Waals surface area (Å²) in [5, 5.41) is 14.7. The third-order valence-corrected chi connectivity index (χ3v) is 3.01. The molecule has 1 N–H and O–H groups in total. The second-order valence-electron chi connectivity index (χ2n) is 4.12. The van der Waals surface area contributed by atoms with Gasteiger partial charge in [-0.15, -0.1) is 0 Å². The summed E-state index contributed by atoms with van der Waals surface area (Å²) in [6.45, 7) is 0.452. The molecule has 0 saturated carbocycles. The minimum atomic E-state index is -0.442. The first-order valence-corrected chi connectivity index (χ1v) is 6.28. The first-order valence-electron chi connectivity index (χ1n) is 5.91. The Bertz CT molecular complexity index is 632. The monoisotopic (exact) mass is 292 g/mol. The van der Waals surface area contributed by atoms with Crippen LogP contribution in [0.5, 0.6) is 5.75 Å². The highest BCUT2D eigenvalue weighted by atomic mass is 35.5. The van der Waals surface area contributed by atoms with E-state index in [1.165, 1.54) is 13.2 Å². The van der Waals surface area contributed by atoms with Crippen molar-refractivity contribution in [2.45, 2.75) is 6.54 Å². The molecular formula is C14H13ClN2O3. The third kappa shape index (κ3) is 3.39. The number of methoxy groups -OCH3 is 1. The van der Waals surface area contributed by atoms with Crippen LogP contribution in [0, 0.1) is 10.1 Å². The zero-order valence-corrected chi connectivity index (χ0v) is 11.6. The maximum atomic E-state index is 11.0. The molecule has 0 aliphatic carbocycles. The number of halogens is 1. The molecule has 104 valence electrons. The lowest BCUT2D eigenvalue weighted by Crippen LogP contribution is -2.03. The summed E-state index contributed by atoms with van der Waals surface area (Å²) < 4.78 is 4.99. The summed E-state index contributed by atoms with van der Waals surface area (Å²) in [6, 6.07) is 12.0. The second kappa shape index (κ2) is 6.25. The van der Waals surface area contributed by atoms with Gasteiger partial charge in [-0.1, -0.05) is 23.7 Å². The quantitative estimate of drug-likeness (QED) is 0.671. The molecule has 0 aromatic heterocycles. The van der Waals surface area contributed by atoms with Crippen LogP contribution in [0.1, 0.15) is 5.56 Å². The number of benzene rings is 2. The molecule has 0 radical (unpaired) electrons. The van der Waals surface area contributed by atoms with E-state index < -0.39 is 4.92 Å². The Morgan fingerprint density at radius 1 is 1.30 bits per heavy atom. The number of nitro groups is 1. The van der Waals surface area contributed by atoms with Gasteiger partial charge in [-0.2, -0.15) is 0 Å². The molecule has 20 heavy (non-hydrogen) atoms. The van der Waals surface area contributed by atoms with Crippen molar-refractivity contribution in [1.29, 1.82) is 0 Å². The van der Waals surface area contributed by atoms with Crippen molar-refractivity contribution in [3.05, 3.63) is 63.2 Å². The van der Waals surface area contributed by atoms with Crippen molar-refractivity contribution in [3.63, 3.8) is 0 Å². The van der Waals surface area contributed by atoms with Gasteiger partial charge in [-0.05, 0) is 29.8 Å². The van der Waals surface area contributed by atoms with E-state index in [1.807, 2.05) is 18.2 Å². The molecule has 0 amide bonds. The molecule has 0 bridgehead atoms. The van der Waals surface area contributed by atoms with Crippen LogP contribution in [-0.4, -0.2) is 12.0 Å². The van der Waals surface area contributed by atoms with E-state index in [0.29, 0.717) is 23.0 Å². The van der Waals surface area contributed by atoms with Gasteiger partial charge in [0.2, 0.25) is 0 Å². The molecule has 0 unspecified atom stereocenters. The Hall–Kier alpha value is -2.27. The number of hydrogen-bond acceptors (Lipinski definition) is 4. The van der Waals surface area contributed by atoms with Crippen LogP contribution in [0.4, 0.5) is 11.4 Å². The molecule has 0 saturated heterocycles. The number of hydrogen-bond donors (Lipinski definition) is 1. The summed E-state index contributed by atoms with van der Waals surface area (Å²) in [5.41, 5.74) is 1.37. The molecule has 0 aliphatic rings. The smallest absolute Gasteiger partial charge is 0.296 e. The summed E-state index contributed by atoms with van der Waals surface area (Å²) in [6.07, 6.45) is 0. The SMILES string of the molecule is COc1ccc(NCc2cccc(Cl)c2)c([N+](=O)[O-])c1. The van der Waals surface area contributed by atoms with Crippen LogP contribution >= 0.6 is 11.6 Å². The van der Waals surface area contributed by atoms with Gasteiger partial charge < -0.3 is 10.1 Å². The highest BCUT2D eigenvalue weighted by Gasteiger charge is 2.14. The standard InChI is InChI=1S/C14H13ClN2O3/c1-20-12-5-6-13(14(8-12)17(18)19)16-9-10-3-2-4-11(15)7-10/h2-8,16H,9H2,1H3. The fraction of sp³-hybridized carbons (Fsp3) is 0.143. The van der Waals surface area contributed by atoms with Gasteiger partial charge in [-0.3, -0.25) is 10.1 Å². The number of nitrogens with one attached hydrogen (secondary N) is 1. The minimum absolute atomic E-state index is 0.0219. The summed E-state index contributed by atoms with van der Waals surface area (Å²) in [7, 11) is 1.47. The average Bonchev–Trinajstić information content (AvgIpc) is 2.45. The van der Waals surface area contributed by atoms with Gasteiger partial charge in [-0.25, -0.2) is 0 Å². The number of nitrogens with zero attached hydrogens (tertiary/aromatic N) is 1. The van der Waals surface area contributed by atoms with Crippen LogP contribution in [0.2, 0.25) is 5.02 Å². The first-order chi connectivity index (χ1) is 9.60. The lowest BCUT2D eigenvalue weighted by molar-refractivity contribution is -0.384. The van der Waals surface area contributed by atoms with Gasteiger partial charge in [0.25, 0.3) is 5.69 Å². The number of ether oxygens (including phenoxy) is 1. The average molecular weight is 293 g/mol. The molecule has 0 fully saturated rings. The van der Waals surface area contributed by atoms with E-state index in [0.717, 1.165) is 5.56 Å². The zero-order valence-electron chi connectivity index (χ0n) is 10.8. The van der Waals surface area contributed by atoms with Crippen molar-refractivity contribution in [2.75, 3.05) is 12.4 Å². The maximum absolute atomic E-state index is 11.0. The molecule has 2 aromatic carbocycles. The van der Waals surface area contributed by atoms with Crippen molar-refractivity contribution in [1.82, 2.24) is 0 Å². The highest BCUT2D eigenvalue weighted by molar-refractivity contribution is 6.30. The number of rotatable bonds is 5. The molecule has 0 heterocycles. The van der Waals surface area contributed by atoms with Crippen molar-refractivity contribution in [2.24, 2.45) is 0 Å². The Morgan fingerprint density at radius 2 is 2.10 bits per heavy atom.